The molecule has 0 aliphatic rings. The molecule has 0 radical (unpaired) electrons. The van der Waals surface area contributed by atoms with Gasteiger partial charge in [0.2, 0.25) is 0 Å². The van der Waals surface area contributed by atoms with Crippen LogP contribution < -0.4 is 5.73 Å². The molecule has 0 aliphatic carbocycles. The Kier molecular flexibility index (Phi) is 64.3. The molecular weight excluding hydrogens is 1070 g/mol. The minimum Gasteiger partial charge on any atom is -0.462 e. The third-order valence-corrected chi connectivity index (χ3v) is 14.3. The van der Waals surface area contributed by atoms with Crippen LogP contribution in [0.15, 0.2) is 182 Å². The Labute approximate surface area is 520 Å². The van der Waals surface area contributed by atoms with E-state index < -0.39 is 32.5 Å². The predicted octanol–water partition coefficient (Wildman–Crippen LogP) is 22.0. The van der Waals surface area contributed by atoms with Crippen molar-refractivity contribution in [2.24, 2.45) is 5.73 Å². The summed E-state index contributed by atoms with van der Waals surface area (Å²) < 4.78 is 33.1. The van der Waals surface area contributed by atoms with Crippen molar-refractivity contribution in [2.45, 2.75) is 251 Å². The number of phosphoric ester groups is 1. The fourth-order valence-corrected chi connectivity index (χ4v) is 9.22. The Bertz CT molecular complexity index is 2040. The summed E-state index contributed by atoms with van der Waals surface area (Å²) in [6.45, 7) is 3.46. The molecule has 0 saturated carbocycles. The molecule has 0 heterocycles. The average molecular weight is 1190 g/mol. The summed E-state index contributed by atoms with van der Waals surface area (Å²) in [6.07, 6.45) is 102. The van der Waals surface area contributed by atoms with Gasteiger partial charge in [-0.3, -0.25) is 18.6 Å². The fourth-order valence-electron chi connectivity index (χ4n) is 8.46. The van der Waals surface area contributed by atoms with Crippen LogP contribution in [0, 0.1) is 0 Å². The number of nitrogens with two attached hydrogens (primary N) is 1. The van der Waals surface area contributed by atoms with E-state index in [1.54, 1.807) is 0 Å². The standard InChI is InChI=1S/C75H120NO8P/c1-3-5-7-9-11-13-15-17-19-21-23-25-27-29-31-33-35-36-38-39-41-43-45-47-49-51-53-55-57-59-61-63-65-67-74(77)81-71-73(72-83-85(79,80)82-70-69-76)84-75(78)68-66-64-62-60-58-56-54-52-50-48-46-44-42-40-37-34-32-30-28-26-24-22-20-18-16-14-12-10-8-6-4-2/h5-8,11-14,17-20,23-26,29-32,35-37,40,44,46,50,52,56,58,73H,3-4,9-10,15-16,21-22,27-28,33-34,38-39,41-43,45,47-49,51,53-55,57,59-72,76H2,1-2H3,(H,79,80)/b7-5-,8-6-,13-11-,14-12-,19-17-,20-18-,25-23-,26-24-,31-29-,32-30-,36-35-,40-37-,46-44-,52-50-,58-56-. The zero-order chi connectivity index (χ0) is 61.6. The molecular formula is C75H120NO8P. The molecule has 478 valence electrons. The van der Waals surface area contributed by atoms with Crippen LogP contribution in [0.4, 0.5) is 0 Å². The second kappa shape index (κ2) is 68.2. The third kappa shape index (κ3) is 68.1. The normalized spacial score (nSPS) is 14.2. The van der Waals surface area contributed by atoms with Gasteiger partial charge in [-0.2, -0.15) is 0 Å². The fraction of sp³-hybridized carbons (Fsp3) is 0.573. The summed E-state index contributed by atoms with van der Waals surface area (Å²) >= 11 is 0. The van der Waals surface area contributed by atoms with Gasteiger partial charge in [-0.1, -0.05) is 280 Å². The minimum atomic E-state index is -4.42. The molecule has 0 amide bonds. The van der Waals surface area contributed by atoms with E-state index in [-0.39, 0.29) is 32.6 Å². The van der Waals surface area contributed by atoms with Gasteiger partial charge in [-0.15, -0.1) is 0 Å². The van der Waals surface area contributed by atoms with E-state index >= 15 is 0 Å². The van der Waals surface area contributed by atoms with Crippen LogP contribution in [0.25, 0.3) is 0 Å². The van der Waals surface area contributed by atoms with Gasteiger partial charge in [-0.05, 0) is 135 Å². The monoisotopic (exact) mass is 1190 g/mol. The molecule has 0 aromatic heterocycles. The molecule has 0 rings (SSSR count). The molecule has 0 aromatic carbocycles. The van der Waals surface area contributed by atoms with Crippen molar-refractivity contribution < 1.29 is 37.6 Å². The van der Waals surface area contributed by atoms with Crippen molar-refractivity contribution in [1.29, 1.82) is 0 Å². The van der Waals surface area contributed by atoms with Gasteiger partial charge in [0.25, 0.3) is 0 Å². The number of esters is 2. The van der Waals surface area contributed by atoms with E-state index in [2.05, 4.69) is 196 Å². The second-order valence-electron chi connectivity index (χ2n) is 21.2. The molecule has 2 atom stereocenters. The highest BCUT2D eigenvalue weighted by molar-refractivity contribution is 7.47. The SMILES string of the molecule is CC/C=C\C/C=C\C/C=C\C/C=C\C/C=C\C/C=C\C/C=C\C/C=C\C/C=C\CCCCCC(=O)OC(COC(=O)CCCCCCCCCCCCCCCC/C=C\C/C=C\C/C=C\C/C=C\C/C=C\C/C=C\CC)COP(=O)(O)OCCN. The smallest absolute Gasteiger partial charge is 0.462 e. The Balaban J connectivity index is 4.04. The number of hydrogen-bond donors (Lipinski definition) is 2. The lowest BCUT2D eigenvalue weighted by Crippen LogP contribution is -2.29. The Morgan fingerprint density at radius 1 is 0.353 bits per heavy atom. The zero-order valence-electron chi connectivity index (χ0n) is 53.5. The molecule has 0 aromatic rings. The number of ether oxygens (including phenoxy) is 2. The molecule has 9 nitrogen and oxygen atoms in total. The number of rotatable bonds is 60. The van der Waals surface area contributed by atoms with E-state index in [4.69, 9.17) is 24.3 Å². The maximum atomic E-state index is 12.7. The molecule has 2 unspecified atom stereocenters. The van der Waals surface area contributed by atoms with Gasteiger partial charge >= 0.3 is 19.8 Å². The van der Waals surface area contributed by atoms with Gasteiger partial charge in [0, 0.05) is 19.4 Å². The molecule has 10 heteroatoms. The van der Waals surface area contributed by atoms with Gasteiger partial charge in [0.1, 0.15) is 6.61 Å². The summed E-state index contributed by atoms with van der Waals surface area (Å²) in [7, 11) is -4.42. The van der Waals surface area contributed by atoms with E-state index in [0.717, 1.165) is 141 Å². The topological polar surface area (TPSA) is 134 Å². The first-order valence-corrected chi connectivity index (χ1v) is 34.8. The van der Waals surface area contributed by atoms with Crippen LogP contribution >= 0.6 is 7.82 Å². The summed E-state index contributed by atoms with van der Waals surface area (Å²) in [5, 5.41) is 0. The van der Waals surface area contributed by atoms with Crippen molar-refractivity contribution in [3.8, 4) is 0 Å². The highest BCUT2D eigenvalue weighted by atomic mass is 31.2. The van der Waals surface area contributed by atoms with Gasteiger partial charge in [-0.25, -0.2) is 4.57 Å². The van der Waals surface area contributed by atoms with Crippen LogP contribution in [0.1, 0.15) is 245 Å². The number of hydrogen-bond acceptors (Lipinski definition) is 8. The van der Waals surface area contributed by atoms with Crippen LogP contribution in [-0.2, 0) is 32.7 Å². The van der Waals surface area contributed by atoms with E-state index in [0.29, 0.717) is 6.42 Å². The van der Waals surface area contributed by atoms with E-state index in [9.17, 15) is 19.0 Å². The average Bonchev–Trinajstić information content (AvgIpc) is 3.52. The van der Waals surface area contributed by atoms with Crippen LogP contribution in [0.2, 0.25) is 0 Å². The Hall–Kier alpha value is -4.89. The van der Waals surface area contributed by atoms with Crippen molar-refractivity contribution in [3.63, 3.8) is 0 Å². The largest absolute Gasteiger partial charge is 0.472 e. The highest BCUT2D eigenvalue weighted by Gasteiger charge is 2.26. The molecule has 0 aliphatic heterocycles. The molecule has 0 spiro atoms. The molecule has 0 saturated heterocycles. The third-order valence-electron chi connectivity index (χ3n) is 13.3. The molecule has 85 heavy (non-hydrogen) atoms. The number of carbonyl (C=O) groups excluding carboxylic acids is 2. The van der Waals surface area contributed by atoms with Gasteiger partial charge in [0.15, 0.2) is 6.10 Å². The Morgan fingerprint density at radius 3 is 0.918 bits per heavy atom. The van der Waals surface area contributed by atoms with Crippen LogP contribution in [0.5, 0.6) is 0 Å². The molecule has 3 N–H and O–H groups in total. The first kappa shape index (κ1) is 80.1. The van der Waals surface area contributed by atoms with Gasteiger partial charge in [0.05, 0.1) is 13.2 Å². The minimum absolute atomic E-state index is 0.0381. The van der Waals surface area contributed by atoms with Crippen molar-refractivity contribution >= 4 is 19.8 Å². The highest BCUT2D eigenvalue weighted by Crippen LogP contribution is 2.43. The van der Waals surface area contributed by atoms with E-state index in [1.165, 1.54) is 70.6 Å². The number of carbonyl (C=O) groups is 2. The van der Waals surface area contributed by atoms with Gasteiger partial charge < -0.3 is 20.1 Å². The summed E-state index contributed by atoms with van der Waals surface area (Å²) in [5.41, 5.74) is 5.39. The van der Waals surface area contributed by atoms with Crippen molar-refractivity contribution in [2.75, 3.05) is 26.4 Å². The second-order valence-corrected chi connectivity index (χ2v) is 22.7. The summed E-state index contributed by atoms with van der Waals surface area (Å²) in [4.78, 5) is 35.3. The van der Waals surface area contributed by atoms with E-state index in [1.807, 2.05) is 0 Å². The quantitative estimate of drug-likeness (QED) is 0.0264. The number of allylic oxidation sites excluding steroid dienone is 30. The van der Waals surface area contributed by atoms with Crippen molar-refractivity contribution in [3.05, 3.63) is 182 Å². The summed E-state index contributed by atoms with van der Waals surface area (Å²) in [6, 6.07) is 0. The zero-order valence-corrected chi connectivity index (χ0v) is 54.4. The lowest BCUT2D eigenvalue weighted by Gasteiger charge is -2.19. The summed E-state index contributed by atoms with van der Waals surface area (Å²) in [5.74, 6) is -0.878. The lowest BCUT2D eigenvalue weighted by atomic mass is 10.0. The number of unbranched alkanes of at least 4 members (excludes halogenated alkanes) is 17. The van der Waals surface area contributed by atoms with Crippen LogP contribution in [-0.4, -0.2) is 49.3 Å². The number of phosphoric acid groups is 1. The maximum absolute atomic E-state index is 12.7. The Morgan fingerprint density at radius 2 is 0.612 bits per heavy atom. The predicted molar refractivity (Wildman–Crippen MR) is 366 cm³/mol. The molecule has 0 bridgehead atoms. The van der Waals surface area contributed by atoms with Crippen molar-refractivity contribution in [1.82, 2.24) is 0 Å². The lowest BCUT2D eigenvalue weighted by molar-refractivity contribution is -0.161. The first-order chi connectivity index (χ1) is 41.8. The first-order valence-electron chi connectivity index (χ1n) is 33.3. The maximum Gasteiger partial charge on any atom is 0.472 e. The molecule has 0 fully saturated rings. The van der Waals surface area contributed by atoms with Crippen LogP contribution in [0.3, 0.4) is 0 Å².